The standard InChI is InChI=1S/C24H33N9O6S3/c1-24(2,3)21(37)39-12-38-20(36)17-13(10-42-23-28-29-30-32(23)7-6-31(4)5)9-40-19-16(18(35)33(17)19)27-15(34)8-14-11-41-22(25)26-14/h11,16,19H,6-10,12H2,1-5H3,(H2,25,26)(H,27,34)/t16-,19-/m1/s1. The van der Waals surface area contributed by atoms with Crippen LogP contribution in [0, 0.1) is 5.41 Å². The lowest BCUT2D eigenvalue weighted by atomic mass is 9.98. The summed E-state index contributed by atoms with van der Waals surface area (Å²) in [5.41, 5.74) is 6.07. The maximum absolute atomic E-state index is 13.3. The molecule has 3 N–H and O–H groups in total. The molecule has 2 amide bonds. The molecule has 2 aliphatic rings. The number of esters is 2. The molecule has 0 spiro atoms. The largest absolute Gasteiger partial charge is 0.427 e. The quantitative estimate of drug-likeness (QED) is 0.140. The number of thioether (sulfide) groups is 2. The van der Waals surface area contributed by atoms with Gasteiger partial charge in [0.05, 0.1) is 24.1 Å². The molecule has 228 valence electrons. The number of thiazole rings is 1. The molecule has 1 fully saturated rings. The minimum absolute atomic E-state index is 0.0246. The molecule has 18 heteroatoms. The number of carbonyl (C=O) groups excluding carboxylic acids is 4. The predicted octanol–water partition coefficient (Wildman–Crippen LogP) is 0.352. The number of nitrogens with two attached hydrogens (primary N) is 1. The summed E-state index contributed by atoms with van der Waals surface area (Å²) in [7, 11) is 3.89. The Kier molecular flexibility index (Phi) is 10.1. The summed E-state index contributed by atoms with van der Waals surface area (Å²) < 4.78 is 12.1. The van der Waals surface area contributed by atoms with Gasteiger partial charge in [-0.1, -0.05) is 11.8 Å². The summed E-state index contributed by atoms with van der Waals surface area (Å²) >= 11 is 3.98. The Balaban J connectivity index is 1.48. The number of hydrogen-bond donors (Lipinski definition) is 2. The van der Waals surface area contributed by atoms with Crippen molar-refractivity contribution >= 4 is 63.7 Å². The number of fused-ring (bicyclic) bond motifs is 1. The van der Waals surface area contributed by atoms with E-state index in [0.29, 0.717) is 39.6 Å². The van der Waals surface area contributed by atoms with E-state index in [4.69, 9.17) is 15.2 Å². The second-order valence-electron chi connectivity index (χ2n) is 10.8. The van der Waals surface area contributed by atoms with Gasteiger partial charge < -0.3 is 25.4 Å². The maximum Gasteiger partial charge on any atom is 0.357 e. The molecule has 0 saturated carbocycles. The highest BCUT2D eigenvalue weighted by Gasteiger charge is 2.54. The van der Waals surface area contributed by atoms with E-state index in [1.54, 1.807) is 30.8 Å². The van der Waals surface area contributed by atoms with Crippen molar-refractivity contribution in [2.45, 2.75) is 50.3 Å². The highest BCUT2D eigenvalue weighted by molar-refractivity contribution is 8.01. The van der Waals surface area contributed by atoms with Crippen molar-refractivity contribution in [1.82, 2.24) is 40.3 Å². The van der Waals surface area contributed by atoms with E-state index in [1.807, 2.05) is 19.0 Å². The van der Waals surface area contributed by atoms with Gasteiger partial charge in [0, 0.05) is 23.4 Å². The summed E-state index contributed by atoms with van der Waals surface area (Å²) in [6.07, 6.45) is -0.0246. The third kappa shape index (κ3) is 7.59. The van der Waals surface area contributed by atoms with Gasteiger partial charge in [-0.2, -0.15) is 0 Å². The Morgan fingerprint density at radius 3 is 2.69 bits per heavy atom. The summed E-state index contributed by atoms with van der Waals surface area (Å²) in [5, 5.41) is 16.7. The van der Waals surface area contributed by atoms with E-state index in [2.05, 4.69) is 25.8 Å². The highest BCUT2D eigenvalue weighted by atomic mass is 32.2. The average Bonchev–Trinajstić information content (AvgIpc) is 3.55. The van der Waals surface area contributed by atoms with E-state index in [9.17, 15) is 19.2 Å². The summed E-state index contributed by atoms with van der Waals surface area (Å²) in [4.78, 5) is 58.8. The van der Waals surface area contributed by atoms with Crippen molar-refractivity contribution in [3.63, 3.8) is 0 Å². The van der Waals surface area contributed by atoms with Crippen LogP contribution in [0.3, 0.4) is 0 Å². The molecule has 4 rings (SSSR count). The van der Waals surface area contributed by atoms with Crippen LogP contribution in [0.1, 0.15) is 26.5 Å². The zero-order chi connectivity index (χ0) is 30.6. The van der Waals surface area contributed by atoms with Crippen molar-refractivity contribution < 1.29 is 28.7 Å². The highest BCUT2D eigenvalue weighted by Crippen LogP contribution is 2.42. The number of β-lactam (4-membered cyclic amide) rings is 1. The third-order valence-corrected chi connectivity index (χ3v) is 9.20. The molecule has 2 aromatic rings. The van der Waals surface area contributed by atoms with Crippen molar-refractivity contribution in [3.05, 3.63) is 22.3 Å². The van der Waals surface area contributed by atoms with Crippen LogP contribution >= 0.6 is 34.9 Å². The fourth-order valence-corrected chi connectivity index (χ4v) is 6.83. The second-order valence-corrected chi connectivity index (χ2v) is 13.7. The molecule has 2 aromatic heterocycles. The van der Waals surface area contributed by atoms with Gasteiger partial charge in [-0.3, -0.25) is 19.3 Å². The number of anilines is 1. The molecule has 2 aliphatic heterocycles. The molecule has 0 radical (unpaired) electrons. The Morgan fingerprint density at radius 1 is 1.26 bits per heavy atom. The zero-order valence-corrected chi connectivity index (χ0v) is 26.3. The van der Waals surface area contributed by atoms with Crippen molar-refractivity contribution in [3.8, 4) is 0 Å². The van der Waals surface area contributed by atoms with Crippen LogP contribution in [0.5, 0.6) is 0 Å². The number of aromatic nitrogens is 5. The molecule has 0 unspecified atom stereocenters. The monoisotopic (exact) mass is 639 g/mol. The number of nitrogens with one attached hydrogen (secondary N) is 1. The number of nitrogen functional groups attached to an aromatic ring is 1. The van der Waals surface area contributed by atoms with Gasteiger partial charge >= 0.3 is 11.9 Å². The zero-order valence-electron chi connectivity index (χ0n) is 23.9. The molecule has 0 aromatic carbocycles. The first-order valence-electron chi connectivity index (χ1n) is 12.9. The number of tetrazole rings is 1. The molecule has 15 nitrogen and oxygen atoms in total. The van der Waals surface area contributed by atoms with Gasteiger partial charge in [0.15, 0.2) is 5.13 Å². The first-order chi connectivity index (χ1) is 19.8. The molecule has 0 aliphatic carbocycles. The van der Waals surface area contributed by atoms with E-state index >= 15 is 0 Å². The number of amides is 2. The topological polar surface area (TPSA) is 188 Å². The second kappa shape index (κ2) is 13.4. The average molecular weight is 640 g/mol. The number of likely N-dealkylation sites (N-methyl/N-ethyl adjacent to an activating group) is 1. The van der Waals surface area contributed by atoms with Crippen LogP contribution in [0.4, 0.5) is 5.13 Å². The summed E-state index contributed by atoms with van der Waals surface area (Å²) in [6.45, 7) is 5.75. The predicted molar refractivity (Wildman–Crippen MR) is 156 cm³/mol. The number of ether oxygens (including phenoxy) is 2. The van der Waals surface area contributed by atoms with Gasteiger partial charge in [0.1, 0.15) is 17.1 Å². The fourth-order valence-electron chi connectivity index (χ4n) is 3.88. The van der Waals surface area contributed by atoms with Crippen LogP contribution in [0.2, 0.25) is 0 Å². The third-order valence-electron chi connectivity index (χ3n) is 6.09. The van der Waals surface area contributed by atoms with E-state index in [1.165, 1.54) is 39.8 Å². The molecule has 4 heterocycles. The number of hydrogen-bond acceptors (Lipinski definition) is 15. The van der Waals surface area contributed by atoms with E-state index in [0.717, 1.165) is 6.54 Å². The van der Waals surface area contributed by atoms with Gasteiger partial charge in [-0.05, 0) is 50.9 Å². The van der Waals surface area contributed by atoms with Gasteiger partial charge in [-0.15, -0.1) is 28.2 Å². The van der Waals surface area contributed by atoms with Crippen LogP contribution in [0.15, 0.2) is 21.8 Å². The number of nitrogens with zero attached hydrogens (tertiary/aromatic N) is 7. The lowest BCUT2D eigenvalue weighted by Gasteiger charge is -2.49. The van der Waals surface area contributed by atoms with Gasteiger partial charge in [0.2, 0.25) is 17.9 Å². The molecule has 2 atom stereocenters. The normalized spacial score (nSPS) is 18.5. The number of rotatable bonds is 12. The Bertz CT molecular complexity index is 1370. The molecular weight excluding hydrogens is 607 g/mol. The van der Waals surface area contributed by atoms with Gasteiger partial charge in [0.25, 0.3) is 5.91 Å². The molecule has 0 bridgehead atoms. The minimum atomic E-state index is -0.826. The smallest absolute Gasteiger partial charge is 0.357 e. The number of carbonyl (C=O) groups is 4. The van der Waals surface area contributed by atoms with E-state index in [-0.39, 0.29) is 18.0 Å². The molecule has 1 saturated heterocycles. The summed E-state index contributed by atoms with van der Waals surface area (Å²) in [6, 6.07) is -0.826. The Hall–Kier alpha value is -3.22. The van der Waals surface area contributed by atoms with Crippen molar-refractivity contribution in [2.75, 3.05) is 44.7 Å². The first kappa shape index (κ1) is 31.7. The van der Waals surface area contributed by atoms with Gasteiger partial charge in [-0.25, -0.2) is 14.5 Å². The molecule has 42 heavy (non-hydrogen) atoms. The van der Waals surface area contributed by atoms with Crippen LogP contribution in [-0.4, -0.2) is 109 Å². The lowest BCUT2D eigenvalue weighted by molar-refractivity contribution is -0.173. The minimum Gasteiger partial charge on any atom is -0.427 e. The Morgan fingerprint density at radius 2 is 2.02 bits per heavy atom. The van der Waals surface area contributed by atoms with Crippen molar-refractivity contribution in [2.24, 2.45) is 5.41 Å². The molecular formula is C24H33N9O6S3. The fraction of sp³-hybridized carbons (Fsp3) is 0.583. The first-order valence-corrected chi connectivity index (χ1v) is 15.8. The van der Waals surface area contributed by atoms with Crippen molar-refractivity contribution in [1.29, 1.82) is 0 Å². The van der Waals surface area contributed by atoms with Crippen LogP contribution < -0.4 is 11.1 Å². The summed E-state index contributed by atoms with van der Waals surface area (Å²) in [5.74, 6) is -1.48. The Labute approximate surface area is 254 Å². The lowest BCUT2D eigenvalue weighted by Crippen LogP contribution is -2.70. The van der Waals surface area contributed by atoms with E-state index < -0.39 is 41.5 Å². The van der Waals surface area contributed by atoms with Crippen LogP contribution in [-0.2, 0) is 41.6 Å². The van der Waals surface area contributed by atoms with Crippen LogP contribution in [0.25, 0.3) is 0 Å². The maximum atomic E-state index is 13.3. The SMILES string of the molecule is CN(C)CCn1nnnc1SCC1=C(C(=O)OCOC(=O)C(C)(C)C)N2C(=O)[C@@H](NC(=O)Cc3csc(N)n3)[C@H]2SC1.